The van der Waals surface area contributed by atoms with E-state index in [-0.39, 0.29) is 0 Å². The van der Waals surface area contributed by atoms with Gasteiger partial charge in [-0.05, 0) is 51.0 Å². The van der Waals surface area contributed by atoms with Gasteiger partial charge in [-0.2, -0.15) is 0 Å². The van der Waals surface area contributed by atoms with Crippen molar-refractivity contribution in [2.75, 3.05) is 20.1 Å². The fourth-order valence-corrected chi connectivity index (χ4v) is 2.37. The number of piperidine rings is 1. The Hall–Kier alpha value is -0.930. The molecule has 0 aliphatic carbocycles. The molecule has 1 aliphatic heterocycles. The van der Waals surface area contributed by atoms with Gasteiger partial charge in [0.2, 0.25) is 0 Å². The average molecular weight is 219 g/mol. The van der Waals surface area contributed by atoms with Crippen molar-refractivity contribution in [3.8, 4) is 0 Å². The summed E-state index contributed by atoms with van der Waals surface area (Å²) in [7, 11) is 2.22. The first-order chi connectivity index (χ1) is 7.75. The van der Waals surface area contributed by atoms with Crippen LogP contribution in [0.25, 0.3) is 0 Å². The molecule has 88 valence electrons. The van der Waals surface area contributed by atoms with E-state index in [0.29, 0.717) is 0 Å². The summed E-state index contributed by atoms with van der Waals surface area (Å²) in [6.07, 6.45) is 6.41. The second kappa shape index (κ2) is 5.41. The largest absolute Gasteiger partial charge is 0.317 e. The van der Waals surface area contributed by atoms with E-state index >= 15 is 0 Å². The minimum Gasteiger partial charge on any atom is -0.317 e. The van der Waals surface area contributed by atoms with Gasteiger partial charge in [0.25, 0.3) is 0 Å². The summed E-state index contributed by atoms with van der Waals surface area (Å²) in [4.78, 5) is 6.70. The quantitative estimate of drug-likeness (QED) is 0.836. The normalized spacial score (nSPS) is 17.9. The van der Waals surface area contributed by atoms with Gasteiger partial charge in [-0.3, -0.25) is 9.88 Å². The van der Waals surface area contributed by atoms with Gasteiger partial charge in [0, 0.05) is 25.0 Å². The Bertz CT molecular complexity index is 332. The summed E-state index contributed by atoms with van der Waals surface area (Å²) in [5, 5.41) is 3.40. The lowest BCUT2D eigenvalue weighted by Crippen LogP contribution is -2.40. The highest BCUT2D eigenvalue weighted by atomic mass is 15.1. The highest BCUT2D eigenvalue weighted by Crippen LogP contribution is 2.13. The number of pyridine rings is 1. The standard InChI is InChI=1S/C13H21N3/c1-11-7-12(9-15-8-11)10-16(2)13-3-5-14-6-4-13/h7-9,13-14H,3-6,10H2,1-2H3. The smallest absolute Gasteiger partial charge is 0.0313 e. The lowest BCUT2D eigenvalue weighted by Gasteiger charge is -2.31. The number of nitrogens with zero attached hydrogens (tertiary/aromatic N) is 2. The molecule has 0 aromatic carbocycles. The van der Waals surface area contributed by atoms with E-state index in [4.69, 9.17) is 0 Å². The van der Waals surface area contributed by atoms with Crippen LogP contribution < -0.4 is 5.32 Å². The van der Waals surface area contributed by atoms with Gasteiger partial charge >= 0.3 is 0 Å². The number of aryl methyl sites for hydroxylation is 1. The van der Waals surface area contributed by atoms with Crippen LogP contribution in [0.4, 0.5) is 0 Å². The molecule has 3 heteroatoms. The number of rotatable bonds is 3. The number of nitrogens with one attached hydrogen (secondary N) is 1. The summed E-state index contributed by atoms with van der Waals surface area (Å²) in [6.45, 7) is 5.42. The van der Waals surface area contributed by atoms with Crippen molar-refractivity contribution in [3.05, 3.63) is 29.6 Å². The number of hydrogen-bond donors (Lipinski definition) is 1. The van der Waals surface area contributed by atoms with E-state index in [9.17, 15) is 0 Å². The van der Waals surface area contributed by atoms with E-state index < -0.39 is 0 Å². The third-order valence-corrected chi connectivity index (χ3v) is 3.30. The van der Waals surface area contributed by atoms with Gasteiger partial charge in [-0.15, -0.1) is 0 Å². The molecule has 1 fully saturated rings. The molecule has 1 aromatic rings. The van der Waals surface area contributed by atoms with Crippen molar-refractivity contribution < 1.29 is 0 Å². The summed E-state index contributed by atoms with van der Waals surface area (Å²) in [6, 6.07) is 2.95. The molecule has 0 radical (unpaired) electrons. The van der Waals surface area contributed by atoms with Crippen molar-refractivity contribution in [3.63, 3.8) is 0 Å². The van der Waals surface area contributed by atoms with Crippen molar-refractivity contribution in [2.24, 2.45) is 0 Å². The molecule has 2 heterocycles. The van der Waals surface area contributed by atoms with Crippen molar-refractivity contribution in [2.45, 2.75) is 32.4 Å². The maximum atomic E-state index is 4.24. The predicted octanol–water partition coefficient (Wildman–Crippen LogP) is 1.57. The first-order valence-electron chi connectivity index (χ1n) is 6.07. The van der Waals surface area contributed by atoms with E-state index in [1.54, 1.807) is 0 Å². The molecule has 2 rings (SSSR count). The zero-order chi connectivity index (χ0) is 11.4. The second-order valence-corrected chi connectivity index (χ2v) is 4.77. The molecule has 16 heavy (non-hydrogen) atoms. The van der Waals surface area contributed by atoms with Crippen molar-refractivity contribution in [1.29, 1.82) is 0 Å². The summed E-state index contributed by atoms with van der Waals surface area (Å²) < 4.78 is 0. The molecule has 1 saturated heterocycles. The lowest BCUT2D eigenvalue weighted by molar-refractivity contribution is 0.191. The van der Waals surface area contributed by atoms with Gasteiger partial charge in [-0.25, -0.2) is 0 Å². The first-order valence-corrected chi connectivity index (χ1v) is 6.07. The Morgan fingerprint density at radius 2 is 2.12 bits per heavy atom. The Labute approximate surface area is 97.9 Å². The van der Waals surface area contributed by atoms with Crippen LogP contribution in [0, 0.1) is 6.92 Å². The highest BCUT2D eigenvalue weighted by molar-refractivity contribution is 5.16. The monoisotopic (exact) mass is 219 g/mol. The van der Waals surface area contributed by atoms with Gasteiger partial charge in [0.05, 0.1) is 0 Å². The van der Waals surface area contributed by atoms with Crippen LogP contribution in [0.15, 0.2) is 18.5 Å². The SMILES string of the molecule is Cc1cncc(CN(C)C2CCNCC2)c1. The van der Waals surface area contributed by atoms with Crippen LogP contribution in [0.2, 0.25) is 0 Å². The van der Waals surface area contributed by atoms with Crippen LogP contribution in [0.5, 0.6) is 0 Å². The first kappa shape index (κ1) is 11.6. The molecule has 0 bridgehead atoms. The van der Waals surface area contributed by atoms with E-state index in [2.05, 4.69) is 35.2 Å². The lowest BCUT2D eigenvalue weighted by atomic mass is 10.0. The zero-order valence-electron chi connectivity index (χ0n) is 10.2. The summed E-state index contributed by atoms with van der Waals surface area (Å²) in [5.41, 5.74) is 2.57. The molecule has 1 aromatic heterocycles. The third-order valence-electron chi connectivity index (χ3n) is 3.30. The molecule has 0 unspecified atom stereocenters. The molecule has 0 amide bonds. The molecular formula is C13H21N3. The molecule has 0 spiro atoms. The Kier molecular flexibility index (Phi) is 3.91. The van der Waals surface area contributed by atoms with E-state index in [1.165, 1.54) is 24.0 Å². The summed E-state index contributed by atoms with van der Waals surface area (Å²) in [5.74, 6) is 0. The maximum Gasteiger partial charge on any atom is 0.0313 e. The van der Waals surface area contributed by atoms with E-state index in [1.807, 2.05) is 12.4 Å². The average Bonchev–Trinajstić information content (AvgIpc) is 2.30. The topological polar surface area (TPSA) is 28.2 Å². The van der Waals surface area contributed by atoms with Gasteiger partial charge < -0.3 is 5.32 Å². The Morgan fingerprint density at radius 3 is 2.81 bits per heavy atom. The second-order valence-electron chi connectivity index (χ2n) is 4.77. The van der Waals surface area contributed by atoms with Crippen molar-refractivity contribution >= 4 is 0 Å². The highest BCUT2D eigenvalue weighted by Gasteiger charge is 2.17. The Balaban J connectivity index is 1.93. The van der Waals surface area contributed by atoms with Crippen molar-refractivity contribution in [1.82, 2.24) is 15.2 Å². The van der Waals surface area contributed by atoms with Crippen LogP contribution in [0.3, 0.4) is 0 Å². The molecule has 0 saturated carbocycles. The third kappa shape index (κ3) is 3.03. The minimum atomic E-state index is 0.724. The summed E-state index contributed by atoms with van der Waals surface area (Å²) >= 11 is 0. The van der Waals surface area contributed by atoms with Gasteiger partial charge in [0.1, 0.15) is 0 Å². The predicted molar refractivity (Wildman–Crippen MR) is 66.3 cm³/mol. The zero-order valence-corrected chi connectivity index (χ0v) is 10.2. The minimum absolute atomic E-state index is 0.724. The van der Waals surface area contributed by atoms with Gasteiger partial charge in [-0.1, -0.05) is 6.07 Å². The van der Waals surface area contributed by atoms with E-state index in [0.717, 1.165) is 25.7 Å². The molecular weight excluding hydrogens is 198 g/mol. The fraction of sp³-hybridized carbons (Fsp3) is 0.615. The molecule has 1 N–H and O–H groups in total. The molecule has 0 atom stereocenters. The van der Waals surface area contributed by atoms with Crippen LogP contribution in [0.1, 0.15) is 24.0 Å². The fourth-order valence-electron chi connectivity index (χ4n) is 2.37. The van der Waals surface area contributed by atoms with Crippen LogP contribution in [-0.4, -0.2) is 36.1 Å². The number of hydrogen-bond acceptors (Lipinski definition) is 3. The van der Waals surface area contributed by atoms with Gasteiger partial charge in [0.15, 0.2) is 0 Å². The molecule has 1 aliphatic rings. The Morgan fingerprint density at radius 1 is 1.38 bits per heavy atom. The molecule has 3 nitrogen and oxygen atoms in total. The number of aromatic nitrogens is 1. The van der Waals surface area contributed by atoms with Crippen LogP contribution >= 0.6 is 0 Å². The maximum absolute atomic E-state index is 4.24. The van der Waals surface area contributed by atoms with Crippen LogP contribution in [-0.2, 0) is 6.54 Å².